The normalized spacial score (nSPS) is 10.8. The molecule has 0 aliphatic carbocycles. The molecule has 20 heavy (non-hydrogen) atoms. The quantitative estimate of drug-likeness (QED) is 0.680. The van der Waals surface area contributed by atoms with E-state index in [1.165, 1.54) is 18.2 Å². The SMILES string of the molecule is O=C(NN=Cc1ccc(F)cc1F)c1ccc(F)cc1. The summed E-state index contributed by atoms with van der Waals surface area (Å²) in [4.78, 5) is 11.6. The van der Waals surface area contributed by atoms with E-state index in [4.69, 9.17) is 0 Å². The van der Waals surface area contributed by atoms with Crippen LogP contribution in [0.25, 0.3) is 0 Å². The molecule has 2 aromatic rings. The minimum Gasteiger partial charge on any atom is -0.267 e. The average Bonchev–Trinajstić information content (AvgIpc) is 2.42. The van der Waals surface area contributed by atoms with E-state index in [1.807, 2.05) is 0 Å². The van der Waals surface area contributed by atoms with Crippen molar-refractivity contribution in [3.8, 4) is 0 Å². The highest BCUT2D eigenvalue weighted by molar-refractivity contribution is 5.94. The fraction of sp³-hybridized carbons (Fsp3) is 0. The van der Waals surface area contributed by atoms with Gasteiger partial charge in [-0.2, -0.15) is 5.10 Å². The summed E-state index contributed by atoms with van der Waals surface area (Å²) in [5, 5.41) is 3.55. The van der Waals surface area contributed by atoms with Gasteiger partial charge in [0.25, 0.3) is 5.91 Å². The second-order valence-electron chi connectivity index (χ2n) is 3.87. The minimum absolute atomic E-state index is 0.0332. The highest BCUT2D eigenvalue weighted by Gasteiger charge is 2.04. The zero-order valence-corrected chi connectivity index (χ0v) is 10.1. The molecule has 2 rings (SSSR count). The number of hydrogen-bond donors (Lipinski definition) is 1. The lowest BCUT2D eigenvalue weighted by Crippen LogP contribution is -2.17. The zero-order valence-electron chi connectivity index (χ0n) is 10.1. The molecule has 1 N–H and O–H groups in total. The van der Waals surface area contributed by atoms with E-state index in [-0.39, 0.29) is 11.1 Å². The fourth-order valence-corrected chi connectivity index (χ4v) is 1.43. The van der Waals surface area contributed by atoms with Gasteiger partial charge in [0.05, 0.1) is 6.21 Å². The van der Waals surface area contributed by atoms with Crippen LogP contribution in [0.5, 0.6) is 0 Å². The Bertz CT molecular complexity index is 654. The minimum atomic E-state index is -0.787. The molecule has 0 aliphatic heterocycles. The maximum atomic E-state index is 13.3. The van der Waals surface area contributed by atoms with Crippen LogP contribution in [0.2, 0.25) is 0 Å². The van der Waals surface area contributed by atoms with E-state index in [1.54, 1.807) is 0 Å². The highest BCUT2D eigenvalue weighted by atomic mass is 19.1. The first-order valence-corrected chi connectivity index (χ1v) is 5.60. The van der Waals surface area contributed by atoms with Gasteiger partial charge in [-0.1, -0.05) is 0 Å². The number of hydrogen-bond acceptors (Lipinski definition) is 2. The fourth-order valence-electron chi connectivity index (χ4n) is 1.43. The number of carbonyl (C=O) groups is 1. The Morgan fingerprint density at radius 1 is 1.00 bits per heavy atom. The van der Waals surface area contributed by atoms with E-state index in [2.05, 4.69) is 10.5 Å². The van der Waals surface area contributed by atoms with E-state index in [0.29, 0.717) is 6.07 Å². The van der Waals surface area contributed by atoms with Gasteiger partial charge in [0, 0.05) is 17.2 Å². The second-order valence-corrected chi connectivity index (χ2v) is 3.87. The molecule has 0 saturated carbocycles. The molecule has 0 aromatic heterocycles. The van der Waals surface area contributed by atoms with Gasteiger partial charge in [-0.25, -0.2) is 18.6 Å². The van der Waals surface area contributed by atoms with Crippen LogP contribution in [-0.4, -0.2) is 12.1 Å². The molecule has 0 aliphatic rings. The van der Waals surface area contributed by atoms with Gasteiger partial charge in [0.15, 0.2) is 0 Å². The molecule has 0 bridgehead atoms. The van der Waals surface area contributed by atoms with E-state index >= 15 is 0 Å². The molecule has 0 atom stereocenters. The topological polar surface area (TPSA) is 41.5 Å². The molecule has 0 fully saturated rings. The summed E-state index contributed by atoms with van der Waals surface area (Å²) in [6, 6.07) is 7.83. The molecule has 3 nitrogen and oxygen atoms in total. The van der Waals surface area contributed by atoms with Crippen LogP contribution >= 0.6 is 0 Å². The molecule has 0 radical (unpaired) electrons. The predicted octanol–water partition coefficient (Wildman–Crippen LogP) is 2.87. The van der Waals surface area contributed by atoms with Crippen molar-refractivity contribution in [3.63, 3.8) is 0 Å². The van der Waals surface area contributed by atoms with Crippen molar-refractivity contribution in [2.75, 3.05) is 0 Å². The number of nitrogens with zero attached hydrogens (tertiary/aromatic N) is 1. The van der Waals surface area contributed by atoms with Gasteiger partial charge in [-0.3, -0.25) is 4.79 Å². The number of halogens is 3. The Balaban J connectivity index is 2.02. The third-order valence-electron chi connectivity index (χ3n) is 2.44. The number of nitrogens with one attached hydrogen (secondary N) is 1. The molecule has 0 heterocycles. The third-order valence-corrected chi connectivity index (χ3v) is 2.44. The monoisotopic (exact) mass is 278 g/mol. The van der Waals surface area contributed by atoms with Crippen molar-refractivity contribution < 1.29 is 18.0 Å². The molecule has 0 spiro atoms. The van der Waals surface area contributed by atoms with Crippen LogP contribution in [0.4, 0.5) is 13.2 Å². The van der Waals surface area contributed by atoms with Crippen molar-refractivity contribution >= 4 is 12.1 Å². The zero-order chi connectivity index (χ0) is 14.5. The van der Waals surface area contributed by atoms with Gasteiger partial charge in [-0.15, -0.1) is 0 Å². The van der Waals surface area contributed by atoms with E-state index in [9.17, 15) is 18.0 Å². The molecule has 0 unspecified atom stereocenters. The Hall–Kier alpha value is -2.63. The van der Waals surface area contributed by atoms with Crippen LogP contribution in [0.3, 0.4) is 0 Å². The third kappa shape index (κ3) is 3.44. The van der Waals surface area contributed by atoms with Crippen molar-refractivity contribution in [1.29, 1.82) is 0 Å². The summed E-state index contributed by atoms with van der Waals surface area (Å²) >= 11 is 0. The van der Waals surface area contributed by atoms with Gasteiger partial charge in [0.2, 0.25) is 0 Å². The van der Waals surface area contributed by atoms with Crippen LogP contribution < -0.4 is 5.43 Å². The summed E-state index contributed by atoms with van der Waals surface area (Å²) < 4.78 is 38.6. The molecule has 0 saturated heterocycles. The Labute approximate surface area is 112 Å². The van der Waals surface area contributed by atoms with Gasteiger partial charge < -0.3 is 0 Å². The van der Waals surface area contributed by atoms with Crippen LogP contribution in [0.15, 0.2) is 47.6 Å². The molecule has 102 valence electrons. The molecule has 2 aromatic carbocycles. The summed E-state index contributed by atoms with van der Waals surface area (Å²) in [5.74, 6) is -2.51. The van der Waals surface area contributed by atoms with Crippen molar-refractivity contribution in [3.05, 3.63) is 71.0 Å². The van der Waals surface area contributed by atoms with Crippen molar-refractivity contribution in [2.45, 2.75) is 0 Å². The van der Waals surface area contributed by atoms with Gasteiger partial charge >= 0.3 is 0 Å². The Morgan fingerprint density at radius 2 is 1.65 bits per heavy atom. The number of carbonyl (C=O) groups excluding carboxylic acids is 1. The molecular formula is C14H9F3N2O. The Kier molecular flexibility index (Phi) is 4.14. The summed E-state index contributed by atoms with van der Waals surface area (Å²) in [5.41, 5.74) is 2.40. The Morgan fingerprint density at radius 3 is 2.30 bits per heavy atom. The van der Waals surface area contributed by atoms with Gasteiger partial charge in [0.1, 0.15) is 17.5 Å². The molecule has 6 heteroatoms. The summed E-state index contributed by atoms with van der Waals surface area (Å²) in [7, 11) is 0. The molecule has 1 amide bonds. The maximum absolute atomic E-state index is 13.3. The number of benzene rings is 2. The van der Waals surface area contributed by atoms with Crippen LogP contribution in [0, 0.1) is 17.5 Å². The van der Waals surface area contributed by atoms with Crippen molar-refractivity contribution in [2.24, 2.45) is 5.10 Å². The second kappa shape index (κ2) is 6.01. The highest BCUT2D eigenvalue weighted by Crippen LogP contribution is 2.07. The van der Waals surface area contributed by atoms with Crippen LogP contribution in [-0.2, 0) is 0 Å². The first-order chi connectivity index (χ1) is 9.56. The van der Waals surface area contributed by atoms with Crippen LogP contribution in [0.1, 0.15) is 15.9 Å². The standard InChI is InChI=1S/C14H9F3N2O/c15-11-4-1-9(2-5-11)14(20)19-18-8-10-3-6-12(16)7-13(10)17/h1-8H,(H,19,20). The number of hydrazone groups is 1. The number of rotatable bonds is 3. The lowest BCUT2D eigenvalue weighted by atomic mass is 10.2. The lowest BCUT2D eigenvalue weighted by molar-refractivity contribution is 0.0955. The predicted molar refractivity (Wildman–Crippen MR) is 67.8 cm³/mol. The average molecular weight is 278 g/mol. The first kappa shape index (κ1) is 13.8. The lowest BCUT2D eigenvalue weighted by Gasteiger charge is -2.00. The smallest absolute Gasteiger partial charge is 0.267 e. The maximum Gasteiger partial charge on any atom is 0.271 e. The summed E-state index contributed by atoms with van der Waals surface area (Å²) in [6.45, 7) is 0. The summed E-state index contributed by atoms with van der Waals surface area (Å²) in [6.07, 6.45) is 1.05. The first-order valence-electron chi connectivity index (χ1n) is 5.60. The van der Waals surface area contributed by atoms with Crippen molar-refractivity contribution in [1.82, 2.24) is 5.43 Å². The van der Waals surface area contributed by atoms with E-state index in [0.717, 1.165) is 24.4 Å². The molecular weight excluding hydrogens is 269 g/mol. The number of amides is 1. The largest absolute Gasteiger partial charge is 0.271 e. The van der Waals surface area contributed by atoms with Gasteiger partial charge in [-0.05, 0) is 36.4 Å². The van der Waals surface area contributed by atoms with E-state index < -0.39 is 23.4 Å².